The topological polar surface area (TPSA) is 83.1 Å². The molecule has 1 N–H and O–H groups in total. The number of nitrogens with one attached hydrogen (secondary N) is 1. The zero-order valence-corrected chi connectivity index (χ0v) is 17.1. The number of hydrogen-bond acceptors (Lipinski definition) is 6. The lowest BCUT2D eigenvalue weighted by Crippen LogP contribution is -2.21. The van der Waals surface area contributed by atoms with Crippen molar-refractivity contribution in [3.63, 3.8) is 0 Å². The second kappa shape index (κ2) is 9.48. The smallest absolute Gasteiger partial charge is 0.340 e. The van der Waals surface area contributed by atoms with Crippen molar-refractivity contribution < 1.29 is 28.5 Å². The van der Waals surface area contributed by atoms with Gasteiger partial charge < -0.3 is 24.3 Å². The molecule has 0 radical (unpaired) electrons. The minimum absolute atomic E-state index is 0.159. The molecule has 0 bridgehead atoms. The fourth-order valence-electron chi connectivity index (χ4n) is 2.21. The van der Waals surface area contributed by atoms with Crippen molar-refractivity contribution in [3.8, 4) is 17.2 Å². The zero-order chi connectivity index (χ0) is 20.0. The number of benzene rings is 2. The summed E-state index contributed by atoms with van der Waals surface area (Å²) in [5.74, 6) is -0.0890. The maximum Gasteiger partial charge on any atom is 0.340 e. The molecule has 0 spiro atoms. The summed E-state index contributed by atoms with van der Waals surface area (Å²) in [5.41, 5.74) is 0.553. The summed E-state index contributed by atoms with van der Waals surface area (Å²) in [4.78, 5) is 24.2. The predicted octanol–water partition coefficient (Wildman–Crippen LogP) is 3.92. The standard InChI is InChI=1S/C18H17BrClNO6/c1-24-14-7-11(8-15(25-2)17(14)26-3)21-16(22)9-27-18(23)12-6-10(19)4-5-13(12)20/h4-8H,9H2,1-3H3,(H,21,22). The number of anilines is 1. The van der Waals surface area contributed by atoms with Crippen molar-refractivity contribution >= 4 is 45.1 Å². The van der Waals surface area contributed by atoms with E-state index >= 15 is 0 Å². The van der Waals surface area contributed by atoms with Gasteiger partial charge in [0.25, 0.3) is 5.91 Å². The molecule has 7 nitrogen and oxygen atoms in total. The number of ether oxygens (including phenoxy) is 4. The third kappa shape index (κ3) is 5.27. The molecule has 2 aromatic rings. The van der Waals surface area contributed by atoms with E-state index in [0.29, 0.717) is 27.4 Å². The maximum absolute atomic E-state index is 12.1. The molecule has 0 aromatic heterocycles. The quantitative estimate of drug-likeness (QED) is 0.633. The van der Waals surface area contributed by atoms with E-state index in [1.165, 1.54) is 27.4 Å². The Morgan fingerprint density at radius 2 is 1.67 bits per heavy atom. The molecule has 27 heavy (non-hydrogen) atoms. The maximum atomic E-state index is 12.1. The van der Waals surface area contributed by atoms with Gasteiger partial charge in [-0.15, -0.1) is 0 Å². The van der Waals surface area contributed by atoms with E-state index in [-0.39, 0.29) is 10.6 Å². The Bertz CT molecular complexity index is 833. The van der Waals surface area contributed by atoms with Gasteiger partial charge in [-0.05, 0) is 18.2 Å². The predicted molar refractivity (Wildman–Crippen MR) is 104 cm³/mol. The lowest BCUT2D eigenvalue weighted by atomic mass is 10.2. The van der Waals surface area contributed by atoms with E-state index in [0.717, 1.165) is 0 Å². The van der Waals surface area contributed by atoms with Crippen molar-refractivity contribution in [1.29, 1.82) is 0 Å². The Morgan fingerprint density at radius 3 is 2.22 bits per heavy atom. The molecule has 0 saturated heterocycles. The summed E-state index contributed by atoms with van der Waals surface area (Å²) in [7, 11) is 4.41. The molecule has 0 atom stereocenters. The number of carbonyl (C=O) groups is 2. The van der Waals surface area contributed by atoms with Crippen LogP contribution in [0.4, 0.5) is 5.69 Å². The van der Waals surface area contributed by atoms with E-state index < -0.39 is 18.5 Å². The molecule has 144 valence electrons. The van der Waals surface area contributed by atoms with Gasteiger partial charge in [-0.2, -0.15) is 0 Å². The fourth-order valence-corrected chi connectivity index (χ4v) is 2.77. The van der Waals surface area contributed by atoms with Crippen molar-refractivity contribution in [1.82, 2.24) is 0 Å². The monoisotopic (exact) mass is 457 g/mol. The van der Waals surface area contributed by atoms with Crippen LogP contribution in [-0.2, 0) is 9.53 Å². The first kappa shape index (κ1) is 20.9. The summed E-state index contributed by atoms with van der Waals surface area (Å²) in [6.45, 7) is -0.488. The molecule has 0 aliphatic heterocycles. The molecule has 2 aromatic carbocycles. The first-order valence-electron chi connectivity index (χ1n) is 7.61. The van der Waals surface area contributed by atoms with Crippen LogP contribution >= 0.6 is 27.5 Å². The zero-order valence-electron chi connectivity index (χ0n) is 14.8. The number of hydrogen-bond donors (Lipinski definition) is 1. The summed E-state index contributed by atoms with van der Waals surface area (Å²) in [5, 5.41) is 2.83. The Morgan fingerprint density at radius 1 is 1.04 bits per heavy atom. The lowest BCUT2D eigenvalue weighted by molar-refractivity contribution is -0.119. The summed E-state index contributed by atoms with van der Waals surface area (Å²) >= 11 is 9.22. The third-order valence-corrected chi connectivity index (χ3v) is 4.25. The normalized spacial score (nSPS) is 10.1. The number of esters is 1. The Labute approximate surface area is 169 Å². The highest BCUT2D eigenvalue weighted by atomic mass is 79.9. The van der Waals surface area contributed by atoms with Crippen LogP contribution in [0.15, 0.2) is 34.8 Å². The van der Waals surface area contributed by atoms with Crippen LogP contribution in [0.2, 0.25) is 5.02 Å². The minimum atomic E-state index is -0.707. The van der Waals surface area contributed by atoms with Gasteiger partial charge in [0.1, 0.15) is 0 Å². The molecule has 2 rings (SSSR count). The van der Waals surface area contributed by atoms with Crippen molar-refractivity contribution in [2.24, 2.45) is 0 Å². The summed E-state index contributed by atoms with van der Waals surface area (Å²) < 4.78 is 21.3. The number of rotatable bonds is 7. The van der Waals surface area contributed by atoms with Crippen LogP contribution in [-0.4, -0.2) is 39.8 Å². The largest absolute Gasteiger partial charge is 0.493 e. The second-order valence-electron chi connectivity index (χ2n) is 5.16. The minimum Gasteiger partial charge on any atom is -0.493 e. The molecule has 0 aliphatic rings. The number of methoxy groups -OCH3 is 3. The Kier molecular flexibility index (Phi) is 7.32. The van der Waals surface area contributed by atoms with E-state index in [1.807, 2.05) is 0 Å². The fraction of sp³-hybridized carbons (Fsp3) is 0.222. The van der Waals surface area contributed by atoms with Gasteiger partial charge in [-0.25, -0.2) is 4.79 Å². The van der Waals surface area contributed by atoms with E-state index in [9.17, 15) is 9.59 Å². The van der Waals surface area contributed by atoms with E-state index in [2.05, 4.69) is 21.2 Å². The second-order valence-corrected chi connectivity index (χ2v) is 6.49. The molecule has 0 fully saturated rings. The molecule has 9 heteroatoms. The number of amides is 1. The van der Waals surface area contributed by atoms with Gasteiger partial charge in [0.2, 0.25) is 5.75 Å². The molecular formula is C18H17BrClNO6. The van der Waals surface area contributed by atoms with Gasteiger partial charge >= 0.3 is 5.97 Å². The van der Waals surface area contributed by atoms with Crippen molar-refractivity contribution in [2.45, 2.75) is 0 Å². The van der Waals surface area contributed by atoms with Gasteiger partial charge in [0.15, 0.2) is 18.1 Å². The van der Waals surface area contributed by atoms with E-state index in [4.69, 9.17) is 30.5 Å². The Balaban J connectivity index is 2.05. The van der Waals surface area contributed by atoms with Crippen LogP contribution < -0.4 is 19.5 Å². The summed E-state index contributed by atoms with van der Waals surface area (Å²) in [6, 6.07) is 7.88. The molecule has 0 unspecified atom stereocenters. The first-order valence-corrected chi connectivity index (χ1v) is 8.78. The van der Waals surface area contributed by atoms with E-state index in [1.54, 1.807) is 24.3 Å². The van der Waals surface area contributed by atoms with Gasteiger partial charge in [-0.1, -0.05) is 27.5 Å². The number of carbonyl (C=O) groups excluding carboxylic acids is 2. The molecule has 0 saturated carbocycles. The first-order chi connectivity index (χ1) is 12.9. The van der Waals surface area contributed by atoms with Gasteiger partial charge in [-0.3, -0.25) is 4.79 Å². The molecule has 0 heterocycles. The van der Waals surface area contributed by atoms with Crippen molar-refractivity contribution in [3.05, 3.63) is 45.4 Å². The third-order valence-electron chi connectivity index (χ3n) is 3.43. The Hall–Kier alpha value is -2.45. The van der Waals surface area contributed by atoms with Crippen LogP contribution in [0.3, 0.4) is 0 Å². The average molecular weight is 459 g/mol. The molecule has 0 aliphatic carbocycles. The highest BCUT2D eigenvalue weighted by Gasteiger charge is 2.17. The van der Waals surface area contributed by atoms with Crippen LogP contribution in [0.25, 0.3) is 0 Å². The molecule has 1 amide bonds. The van der Waals surface area contributed by atoms with Gasteiger partial charge in [0.05, 0.1) is 31.9 Å². The van der Waals surface area contributed by atoms with Gasteiger partial charge in [0, 0.05) is 22.3 Å². The molecular weight excluding hydrogens is 442 g/mol. The van der Waals surface area contributed by atoms with Crippen LogP contribution in [0.5, 0.6) is 17.2 Å². The SMILES string of the molecule is COc1cc(NC(=O)COC(=O)c2cc(Br)ccc2Cl)cc(OC)c1OC. The number of halogens is 2. The van der Waals surface area contributed by atoms with Crippen LogP contribution in [0, 0.1) is 0 Å². The highest BCUT2D eigenvalue weighted by molar-refractivity contribution is 9.10. The van der Waals surface area contributed by atoms with Crippen LogP contribution in [0.1, 0.15) is 10.4 Å². The lowest BCUT2D eigenvalue weighted by Gasteiger charge is -2.14. The summed E-state index contributed by atoms with van der Waals surface area (Å²) in [6.07, 6.45) is 0. The average Bonchev–Trinajstić information content (AvgIpc) is 2.67. The highest BCUT2D eigenvalue weighted by Crippen LogP contribution is 2.39. The van der Waals surface area contributed by atoms with Crippen molar-refractivity contribution in [2.75, 3.05) is 33.3 Å².